The van der Waals surface area contributed by atoms with Crippen molar-refractivity contribution < 1.29 is 14.3 Å². The van der Waals surface area contributed by atoms with Gasteiger partial charge in [0.1, 0.15) is 5.75 Å². The van der Waals surface area contributed by atoms with Gasteiger partial charge in [-0.15, -0.1) is 0 Å². The fourth-order valence-electron chi connectivity index (χ4n) is 3.53. The van der Waals surface area contributed by atoms with E-state index in [0.717, 1.165) is 32.0 Å². The number of hydrogen-bond acceptors (Lipinski definition) is 4. The molecule has 1 aromatic rings. The van der Waals surface area contributed by atoms with Crippen molar-refractivity contribution in [2.45, 2.75) is 64.1 Å². The zero-order valence-electron chi connectivity index (χ0n) is 15.2. The lowest BCUT2D eigenvalue weighted by Gasteiger charge is -2.42. The molecule has 1 saturated heterocycles. The average molecular weight is 344 g/mol. The maximum absolute atomic E-state index is 12.4. The maximum Gasteiger partial charge on any atom is 0.260 e. The molecule has 3 rings (SSSR count). The molecule has 1 N–H and O–H groups in total. The fraction of sp³-hybridized carbons (Fsp3) is 0.600. The third kappa shape index (κ3) is 4.60. The van der Waals surface area contributed by atoms with Crippen LogP contribution in [0.5, 0.6) is 5.75 Å². The van der Waals surface area contributed by atoms with Gasteiger partial charge in [0.15, 0.2) is 11.9 Å². The molecule has 0 spiro atoms. The summed E-state index contributed by atoms with van der Waals surface area (Å²) < 4.78 is 5.72. The third-order valence-electron chi connectivity index (χ3n) is 5.39. The fourth-order valence-corrected chi connectivity index (χ4v) is 3.53. The molecule has 5 heteroatoms. The van der Waals surface area contributed by atoms with Gasteiger partial charge in [0.2, 0.25) is 0 Å². The van der Waals surface area contributed by atoms with Crippen molar-refractivity contribution in [1.82, 2.24) is 10.2 Å². The monoisotopic (exact) mass is 344 g/mol. The van der Waals surface area contributed by atoms with Crippen molar-refractivity contribution in [3.05, 3.63) is 29.8 Å². The SMILES string of the molecule is CC(=O)c1cccc(OC(C)C(=O)NC2CCN(C3CCC3)CC2)c1. The molecule has 1 aliphatic heterocycles. The summed E-state index contributed by atoms with van der Waals surface area (Å²) >= 11 is 0. The molecule has 1 atom stereocenters. The van der Waals surface area contributed by atoms with E-state index < -0.39 is 6.10 Å². The molecule has 1 aromatic carbocycles. The van der Waals surface area contributed by atoms with E-state index >= 15 is 0 Å². The summed E-state index contributed by atoms with van der Waals surface area (Å²) in [6.45, 7) is 5.42. The molecule has 1 unspecified atom stereocenters. The van der Waals surface area contributed by atoms with Gasteiger partial charge in [-0.2, -0.15) is 0 Å². The van der Waals surface area contributed by atoms with Crippen LogP contribution < -0.4 is 10.1 Å². The Hall–Kier alpha value is -1.88. The quantitative estimate of drug-likeness (QED) is 0.806. The molecule has 1 aliphatic carbocycles. The zero-order valence-corrected chi connectivity index (χ0v) is 15.2. The molecule has 1 amide bonds. The van der Waals surface area contributed by atoms with Crippen LogP contribution in [0.15, 0.2) is 24.3 Å². The van der Waals surface area contributed by atoms with Crippen LogP contribution in [0, 0.1) is 0 Å². The highest BCUT2D eigenvalue weighted by Gasteiger charge is 2.29. The van der Waals surface area contributed by atoms with Crippen LogP contribution in [0.2, 0.25) is 0 Å². The highest BCUT2D eigenvalue weighted by atomic mass is 16.5. The van der Waals surface area contributed by atoms with Crippen molar-refractivity contribution >= 4 is 11.7 Å². The first-order valence-corrected chi connectivity index (χ1v) is 9.35. The van der Waals surface area contributed by atoms with E-state index in [4.69, 9.17) is 4.74 Å². The molecule has 136 valence electrons. The Morgan fingerprint density at radius 3 is 2.52 bits per heavy atom. The second kappa shape index (κ2) is 8.00. The van der Waals surface area contributed by atoms with E-state index in [0.29, 0.717) is 11.3 Å². The van der Waals surface area contributed by atoms with Crippen molar-refractivity contribution in [3.63, 3.8) is 0 Å². The molecular weight excluding hydrogens is 316 g/mol. The number of nitrogens with one attached hydrogen (secondary N) is 1. The highest BCUT2D eigenvalue weighted by Crippen LogP contribution is 2.27. The number of ether oxygens (including phenoxy) is 1. The smallest absolute Gasteiger partial charge is 0.260 e. The zero-order chi connectivity index (χ0) is 17.8. The van der Waals surface area contributed by atoms with Crippen LogP contribution in [-0.4, -0.2) is 47.9 Å². The Bertz CT molecular complexity index is 619. The number of nitrogens with zero attached hydrogens (tertiary/aromatic N) is 1. The van der Waals surface area contributed by atoms with E-state index in [1.807, 2.05) is 0 Å². The van der Waals surface area contributed by atoms with Crippen LogP contribution in [0.4, 0.5) is 0 Å². The summed E-state index contributed by atoms with van der Waals surface area (Å²) in [6.07, 6.45) is 5.47. The molecule has 0 aromatic heterocycles. The number of ketones is 1. The first-order chi connectivity index (χ1) is 12.0. The van der Waals surface area contributed by atoms with E-state index in [9.17, 15) is 9.59 Å². The molecule has 5 nitrogen and oxygen atoms in total. The van der Waals surface area contributed by atoms with Crippen molar-refractivity contribution in [1.29, 1.82) is 0 Å². The van der Waals surface area contributed by atoms with Gasteiger partial charge in [-0.05, 0) is 51.7 Å². The molecule has 1 heterocycles. The largest absolute Gasteiger partial charge is 0.481 e. The summed E-state index contributed by atoms with van der Waals surface area (Å²) in [5.41, 5.74) is 0.591. The summed E-state index contributed by atoms with van der Waals surface area (Å²) in [7, 11) is 0. The minimum absolute atomic E-state index is 0.0132. The Morgan fingerprint density at radius 1 is 1.20 bits per heavy atom. The average Bonchev–Trinajstić information content (AvgIpc) is 2.55. The molecular formula is C20H28N2O3. The van der Waals surface area contributed by atoms with E-state index in [1.165, 1.54) is 26.2 Å². The van der Waals surface area contributed by atoms with Gasteiger partial charge < -0.3 is 15.0 Å². The normalized spacial score (nSPS) is 20.6. The molecule has 2 aliphatic rings. The van der Waals surface area contributed by atoms with Gasteiger partial charge >= 0.3 is 0 Å². The predicted octanol–water partition coefficient (Wildman–Crippen LogP) is 2.79. The summed E-state index contributed by atoms with van der Waals surface area (Å²) in [6, 6.07) is 7.99. The van der Waals surface area contributed by atoms with Crippen LogP contribution in [-0.2, 0) is 4.79 Å². The molecule has 1 saturated carbocycles. The maximum atomic E-state index is 12.4. The number of likely N-dealkylation sites (tertiary alicyclic amines) is 1. The van der Waals surface area contributed by atoms with E-state index in [1.54, 1.807) is 31.2 Å². The Kier molecular flexibility index (Phi) is 5.74. The topological polar surface area (TPSA) is 58.6 Å². The second-order valence-electron chi connectivity index (χ2n) is 7.25. The predicted molar refractivity (Wildman–Crippen MR) is 96.9 cm³/mol. The Balaban J connectivity index is 1.46. The lowest BCUT2D eigenvalue weighted by atomic mass is 9.89. The van der Waals surface area contributed by atoms with Gasteiger partial charge in [0, 0.05) is 30.7 Å². The number of carbonyl (C=O) groups is 2. The number of piperidine rings is 1. The first kappa shape index (κ1) is 17.9. The van der Waals surface area contributed by atoms with Crippen LogP contribution >= 0.6 is 0 Å². The number of carbonyl (C=O) groups excluding carboxylic acids is 2. The molecule has 25 heavy (non-hydrogen) atoms. The van der Waals surface area contributed by atoms with Crippen molar-refractivity contribution in [2.75, 3.05) is 13.1 Å². The number of benzene rings is 1. The molecule has 0 radical (unpaired) electrons. The van der Waals surface area contributed by atoms with Gasteiger partial charge in [-0.1, -0.05) is 18.6 Å². The van der Waals surface area contributed by atoms with Gasteiger partial charge in [0.05, 0.1) is 0 Å². The number of rotatable bonds is 6. The summed E-state index contributed by atoms with van der Waals surface area (Å²) in [4.78, 5) is 26.4. The van der Waals surface area contributed by atoms with E-state index in [2.05, 4.69) is 10.2 Å². The minimum Gasteiger partial charge on any atom is -0.481 e. The van der Waals surface area contributed by atoms with Gasteiger partial charge in [0.25, 0.3) is 5.91 Å². The first-order valence-electron chi connectivity index (χ1n) is 9.35. The Morgan fingerprint density at radius 2 is 1.92 bits per heavy atom. The minimum atomic E-state index is -0.577. The second-order valence-corrected chi connectivity index (χ2v) is 7.25. The van der Waals surface area contributed by atoms with Crippen LogP contribution in [0.1, 0.15) is 56.3 Å². The van der Waals surface area contributed by atoms with Crippen LogP contribution in [0.3, 0.4) is 0 Å². The lowest BCUT2D eigenvalue weighted by Crippen LogP contribution is -2.51. The van der Waals surface area contributed by atoms with E-state index in [-0.39, 0.29) is 17.7 Å². The summed E-state index contributed by atoms with van der Waals surface area (Å²) in [5, 5.41) is 3.11. The lowest BCUT2D eigenvalue weighted by molar-refractivity contribution is -0.128. The molecule has 0 bridgehead atoms. The standard InChI is InChI=1S/C20H28N2O3/c1-14(23)16-5-3-8-19(13-16)25-15(2)20(24)21-17-9-11-22(12-10-17)18-6-4-7-18/h3,5,8,13,15,17-18H,4,6-7,9-12H2,1-2H3,(H,21,24). The third-order valence-corrected chi connectivity index (χ3v) is 5.39. The van der Waals surface area contributed by atoms with Crippen molar-refractivity contribution in [3.8, 4) is 5.75 Å². The van der Waals surface area contributed by atoms with Crippen LogP contribution in [0.25, 0.3) is 0 Å². The molecule has 2 fully saturated rings. The van der Waals surface area contributed by atoms with Crippen molar-refractivity contribution in [2.24, 2.45) is 0 Å². The Labute approximate surface area is 149 Å². The highest BCUT2D eigenvalue weighted by molar-refractivity contribution is 5.94. The summed E-state index contributed by atoms with van der Waals surface area (Å²) in [5.74, 6) is 0.450. The van der Waals surface area contributed by atoms with Gasteiger partial charge in [-0.25, -0.2) is 0 Å². The number of amides is 1. The number of Topliss-reactive ketones (excluding diaryl/α,β-unsaturated/α-hetero) is 1. The number of hydrogen-bond donors (Lipinski definition) is 1. The van der Waals surface area contributed by atoms with Gasteiger partial charge in [-0.3, -0.25) is 9.59 Å².